The number of aromatic nitrogens is 1. The highest BCUT2D eigenvalue weighted by atomic mass is 16.5. The summed E-state index contributed by atoms with van der Waals surface area (Å²) in [6.45, 7) is 9.98. The zero-order valence-corrected chi connectivity index (χ0v) is 27.4. The van der Waals surface area contributed by atoms with Gasteiger partial charge in [0.2, 0.25) is 6.41 Å². The number of hydrogen-bond acceptors (Lipinski definition) is 9. The number of aryl methyl sites for hydroxylation is 1. The number of ether oxygens (including phenoxy) is 3. The van der Waals surface area contributed by atoms with Gasteiger partial charge in [0, 0.05) is 66.3 Å². The number of benzene rings is 3. The van der Waals surface area contributed by atoms with Gasteiger partial charge < -0.3 is 40.3 Å². The minimum Gasteiger partial charge on any atom is -0.493 e. The van der Waals surface area contributed by atoms with Crippen molar-refractivity contribution in [1.29, 1.82) is 0 Å². The topological polar surface area (TPSA) is 128 Å². The van der Waals surface area contributed by atoms with E-state index in [-0.39, 0.29) is 6.41 Å². The summed E-state index contributed by atoms with van der Waals surface area (Å²) in [4.78, 5) is 24.7. The first-order valence-corrected chi connectivity index (χ1v) is 15.1. The van der Waals surface area contributed by atoms with Crippen LogP contribution < -0.4 is 35.5 Å². The molecular weight excluding hydrogens is 570 g/mol. The van der Waals surface area contributed by atoms with Gasteiger partial charge in [-0.05, 0) is 68.4 Å². The maximum Gasteiger partial charge on any atom is 0.204 e. The Morgan fingerprint density at radius 2 is 1.56 bits per heavy atom. The van der Waals surface area contributed by atoms with Crippen molar-refractivity contribution in [3.05, 3.63) is 72.4 Å². The number of pyridine rings is 1. The Hall–Kier alpha value is -4.83. The van der Waals surface area contributed by atoms with E-state index >= 15 is 0 Å². The van der Waals surface area contributed by atoms with E-state index in [9.17, 15) is 4.79 Å². The molecule has 5 rings (SSSR count). The number of amides is 1. The minimum absolute atomic E-state index is 0.250. The largest absolute Gasteiger partial charge is 0.493 e. The van der Waals surface area contributed by atoms with Crippen LogP contribution >= 0.6 is 0 Å². The molecule has 45 heavy (non-hydrogen) atoms. The number of nitrogens with one attached hydrogen (secondary N) is 2. The van der Waals surface area contributed by atoms with E-state index in [1.54, 1.807) is 20.4 Å². The molecule has 0 aliphatic carbocycles. The number of anilines is 3. The fourth-order valence-electron chi connectivity index (χ4n) is 4.60. The number of nitrogens with zero attached hydrogens (tertiary/aromatic N) is 2. The van der Waals surface area contributed by atoms with Crippen LogP contribution in [0, 0.1) is 6.92 Å². The molecule has 4 aromatic rings. The Bertz CT molecular complexity index is 1480. The van der Waals surface area contributed by atoms with Gasteiger partial charge in [0.05, 0.1) is 19.7 Å². The molecule has 1 unspecified atom stereocenters. The average molecular weight is 618 g/mol. The molecule has 1 amide bonds. The number of carbonyl (C=O) groups is 2. The third kappa shape index (κ3) is 10.4. The fraction of sp³-hybridized carbons (Fsp3) is 0.343. The van der Waals surface area contributed by atoms with Gasteiger partial charge in [-0.3, -0.25) is 9.78 Å². The number of nitrogens with two attached hydrogens (primary N) is 1. The SMILES string of the molecule is CC.CCC=O.CNC1CCN(c2ccc(Nc3ccc(C)c(Oc4ccnc5cc(OC)c(OC)cc45)c3)cc2)C1.NC=O. The van der Waals surface area contributed by atoms with Gasteiger partial charge in [0.1, 0.15) is 17.8 Å². The Balaban J connectivity index is 0.000000704. The standard InChI is InChI=1S/C29H32N4O3.C3H6O.C2H6.CH3NO/c1-19-5-6-21(32-20-7-9-23(10-8-20)33-14-12-22(18-33)30-2)15-27(19)36-26-11-13-31-25-17-29(35-4)28(34-3)16-24(25)26;1-2-3-4;1-2;2-1-3/h5-11,13,15-17,22,30,32H,12,14,18H2,1-4H3;3H,2H2,1H3;1-2H3;1H,(H2,2,3). The van der Waals surface area contributed by atoms with E-state index in [4.69, 9.17) is 19.0 Å². The number of rotatable bonds is 9. The number of fused-ring (bicyclic) bond motifs is 1. The molecule has 0 radical (unpaired) electrons. The van der Waals surface area contributed by atoms with Gasteiger partial charge in [-0.1, -0.05) is 26.8 Å². The van der Waals surface area contributed by atoms with Crippen LogP contribution in [0.3, 0.4) is 0 Å². The van der Waals surface area contributed by atoms with E-state index in [0.717, 1.165) is 53.0 Å². The molecule has 1 aromatic heterocycles. The number of carbonyl (C=O) groups excluding carboxylic acids is 2. The lowest BCUT2D eigenvalue weighted by atomic mass is 10.1. The zero-order valence-electron chi connectivity index (χ0n) is 27.4. The quantitative estimate of drug-likeness (QED) is 0.178. The molecule has 0 spiro atoms. The Kier molecular flexibility index (Phi) is 15.7. The molecular formula is C35H47N5O5. The van der Waals surface area contributed by atoms with Crippen molar-refractivity contribution in [2.24, 2.45) is 5.73 Å². The van der Waals surface area contributed by atoms with Crippen LogP contribution in [-0.4, -0.2) is 58.1 Å². The van der Waals surface area contributed by atoms with Gasteiger partial charge >= 0.3 is 0 Å². The lowest BCUT2D eigenvalue weighted by Gasteiger charge is -2.19. The van der Waals surface area contributed by atoms with Crippen molar-refractivity contribution >= 4 is 40.7 Å². The highest BCUT2D eigenvalue weighted by molar-refractivity contribution is 5.88. The van der Waals surface area contributed by atoms with Crippen LogP contribution in [0.5, 0.6) is 23.0 Å². The highest BCUT2D eigenvalue weighted by Crippen LogP contribution is 2.38. The monoisotopic (exact) mass is 617 g/mol. The van der Waals surface area contributed by atoms with E-state index < -0.39 is 0 Å². The van der Waals surface area contributed by atoms with Gasteiger partial charge in [0.25, 0.3) is 0 Å². The lowest BCUT2D eigenvalue weighted by Crippen LogP contribution is -2.29. The van der Waals surface area contributed by atoms with Crippen molar-refractivity contribution in [2.75, 3.05) is 44.6 Å². The summed E-state index contributed by atoms with van der Waals surface area (Å²) in [6.07, 6.45) is 4.68. The van der Waals surface area contributed by atoms with Gasteiger partial charge in [-0.15, -0.1) is 0 Å². The van der Waals surface area contributed by atoms with Gasteiger partial charge in [-0.2, -0.15) is 0 Å². The second-order valence-corrected chi connectivity index (χ2v) is 9.72. The summed E-state index contributed by atoms with van der Waals surface area (Å²) in [5.74, 6) is 2.74. The molecule has 10 nitrogen and oxygen atoms in total. The molecule has 0 bridgehead atoms. The molecule has 10 heteroatoms. The minimum atomic E-state index is 0.250. The third-order valence-electron chi connectivity index (χ3n) is 6.90. The van der Waals surface area contributed by atoms with Crippen LogP contribution in [-0.2, 0) is 9.59 Å². The molecule has 2 heterocycles. The van der Waals surface area contributed by atoms with Crippen molar-refractivity contribution in [3.8, 4) is 23.0 Å². The van der Waals surface area contributed by atoms with Crippen molar-refractivity contribution < 1.29 is 23.8 Å². The molecule has 1 aliphatic heterocycles. The molecule has 1 atom stereocenters. The first-order valence-electron chi connectivity index (χ1n) is 15.1. The van der Waals surface area contributed by atoms with E-state index in [1.807, 2.05) is 59.0 Å². The normalized spacial score (nSPS) is 13.1. The average Bonchev–Trinajstić information content (AvgIpc) is 3.57. The predicted molar refractivity (Wildman–Crippen MR) is 183 cm³/mol. The summed E-state index contributed by atoms with van der Waals surface area (Å²) in [7, 11) is 5.27. The third-order valence-corrected chi connectivity index (χ3v) is 6.90. The number of likely N-dealkylation sites (N-methyl/N-ethyl adjacent to an activating group) is 1. The Morgan fingerprint density at radius 1 is 0.933 bits per heavy atom. The summed E-state index contributed by atoms with van der Waals surface area (Å²) < 4.78 is 17.3. The predicted octanol–water partition coefficient (Wildman–Crippen LogP) is 6.62. The Labute approximate surface area is 266 Å². The fourth-order valence-corrected chi connectivity index (χ4v) is 4.60. The second kappa shape index (κ2) is 19.4. The maximum absolute atomic E-state index is 9.17. The lowest BCUT2D eigenvalue weighted by molar-refractivity contribution is -0.108. The van der Waals surface area contributed by atoms with Crippen LogP contribution in [0.1, 0.15) is 39.2 Å². The number of aldehydes is 1. The summed E-state index contributed by atoms with van der Waals surface area (Å²) in [5.41, 5.74) is 9.22. The van der Waals surface area contributed by atoms with E-state index in [1.165, 1.54) is 12.1 Å². The van der Waals surface area contributed by atoms with Crippen molar-refractivity contribution in [2.45, 2.75) is 46.6 Å². The first-order chi connectivity index (χ1) is 21.9. The molecule has 3 aromatic carbocycles. The first kappa shape index (κ1) is 36.4. The number of hydrogen-bond donors (Lipinski definition) is 3. The second-order valence-electron chi connectivity index (χ2n) is 9.72. The van der Waals surface area contributed by atoms with Crippen LogP contribution in [0.15, 0.2) is 66.9 Å². The molecule has 1 saturated heterocycles. The van der Waals surface area contributed by atoms with Crippen molar-refractivity contribution in [3.63, 3.8) is 0 Å². The molecule has 0 saturated carbocycles. The van der Waals surface area contributed by atoms with Crippen LogP contribution in [0.2, 0.25) is 0 Å². The highest BCUT2D eigenvalue weighted by Gasteiger charge is 2.21. The number of primary amides is 1. The van der Waals surface area contributed by atoms with Crippen molar-refractivity contribution in [1.82, 2.24) is 10.3 Å². The summed E-state index contributed by atoms with van der Waals surface area (Å²) in [6, 6.07) is 20.9. The smallest absolute Gasteiger partial charge is 0.204 e. The van der Waals surface area contributed by atoms with E-state index in [0.29, 0.717) is 29.7 Å². The molecule has 1 fully saturated rings. The summed E-state index contributed by atoms with van der Waals surface area (Å²) in [5, 5.41) is 7.73. The Morgan fingerprint density at radius 3 is 2.13 bits per heavy atom. The van der Waals surface area contributed by atoms with Gasteiger partial charge in [0.15, 0.2) is 11.5 Å². The maximum atomic E-state index is 9.17. The van der Waals surface area contributed by atoms with E-state index in [2.05, 4.69) is 62.6 Å². The number of methoxy groups -OCH3 is 2. The van der Waals surface area contributed by atoms with Crippen LogP contribution in [0.25, 0.3) is 10.9 Å². The van der Waals surface area contributed by atoms with Crippen LogP contribution in [0.4, 0.5) is 17.1 Å². The molecule has 242 valence electrons. The zero-order chi connectivity index (χ0) is 33.2. The summed E-state index contributed by atoms with van der Waals surface area (Å²) >= 11 is 0. The molecule has 1 aliphatic rings. The van der Waals surface area contributed by atoms with Gasteiger partial charge in [-0.25, -0.2) is 0 Å². The molecule has 4 N–H and O–H groups in total.